The number of aliphatic hydroxyl groups is 3. The third-order valence-electron chi connectivity index (χ3n) is 4.41. The lowest BCUT2D eigenvalue weighted by molar-refractivity contribution is -0.134. The SMILES string of the molecule is CCCCCCCCCCCCCCCC(=O)[C@@H](O)[C@@H](O)CO. The minimum absolute atomic E-state index is 0.288. The molecule has 0 fully saturated rings. The molecule has 0 amide bonds. The van der Waals surface area contributed by atoms with E-state index in [-0.39, 0.29) is 12.2 Å². The molecule has 4 nitrogen and oxygen atoms in total. The molecule has 4 heteroatoms. The molecule has 0 aromatic rings. The Labute approximate surface area is 142 Å². The van der Waals surface area contributed by atoms with Gasteiger partial charge in [0, 0.05) is 6.42 Å². The normalized spacial score (nSPS) is 13.9. The molecule has 0 heterocycles. The summed E-state index contributed by atoms with van der Waals surface area (Å²) >= 11 is 0. The Hall–Kier alpha value is -0.450. The summed E-state index contributed by atoms with van der Waals surface area (Å²) in [6, 6.07) is 0. The number of hydrogen-bond acceptors (Lipinski definition) is 4. The summed E-state index contributed by atoms with van der Waals surface area (Å²) in [5, 5.41) is 27.3. The van der Waals surface area contributed by atoms with E-state index in [2.05, 4.69) is 6.92 Å². The Kier molecular flexibility index (Phi) is 16.1. The van der Waals surface area contributed by atoms with Crippen LogP contribution in [0.4, 0.5) is 0 Å². The van der Waals surface area contributed by atoms with Crippen molar-refractivity contribution in [2.24, 2.45) is 0 Å². The zero-order valence-corrected chi connectivity index (χ0v) is 15.0. The number of hydrogen-bond donors (Lipinski definition) is 3. The molecule has 0 saturated carbocycles. The first-order valence-electron chi connectivity index (χ1n) is 9.63. The molecule has 0 aliphatic heterocycles. The predicted molar refractivity (Wildman–Crippen MR) is 94.4 cm³/mol. The van der Waals surface area contributed by atoms with Crippen molar-refractivity contribution in [1.29, 1.82) is 0 Å². The van der Waals surface area contributed by atoms with Crippen LogP contribution in [-0.2, 0) is 4.79 Å². The van der Waals surface area contributed by atoms with Crippen LogP contribution in [-0.4, -0.2) is 39.9 Å². The number of ketones is 1. The van der Waals surface area contributed by atoms with Gasteiger partial charge in [-0.05, 0) is 6.42 Å². The van der Waals surface area contributed by atoms with E-state index >= 15 is 0 Å². The van der Waals surface area contributed by atoms with Gasteiger partial charge in [0.1, 0.15) is 12.2 Å². The molecule has 0 rings (SSSR count). The Balaban J connectivity index is 3.26. The van der Waals surface area contributed by atoms with Gasteiger partial charge in [0.25, 0.3) is 0 Å². The second-order valence-electron chi connectivity index (χ2n) is 6.65. The molecule has 138 valence electrons. The molecule has 0 spiro atoms. The molecule has 0 unspecified atom stereocenters. The molecule has 0 aromatic heterocycles. The van der Waals surface area contributed by atoms with Crippen molar-refractivity contribution in [2.45, 2.75) is 109 Å². The fourth-order valence-corrected chi connectivity index (χ4v) is 2.78. The quantitative estimate of drug-likeness (QED) is 0.355. The molecule has 0 aliphatic carbocycles. The van der Waals surface area contributed by atoms with Crippen LogP contribution in [0, 0.1) is 0 Å². The van der Waals surface area contributed by atoms with E-state index in [4.69, 9.17) is 5.11 Å². The number of Topliss-reactive ketones (excluding diaryl/α,β-unsaturated/α-hetero) is 1. The van der Waals surface area contributed by atoms with Crippen molar-refractivity contribution < 1.29 is 20.1 Å². The van der Waals surface area contributed by atoms with E-state index < -0.39 is 18.8 Å². The first kappa shape index (κ1) is 22.6. The molecule has 0 saturated heterocycles. The van der Waals surface area contributed by atoms with Gasteiger partial charge in [-0.3, -0.25) is 4.79 Å². The fourth-order valence-electron chi connectivity index (χ4n) is 2.78. The smallest absolute Gasteiger partial charge is 0.164 e. The van der Waals surface area contributed by atoms with Crippen LogP contribution in [0.2, 0.25) is 0 Å². The first-order chi connectivity index (χ1) is 11.1. The van der Waals surface area contributed by atoms with Gasteiger partial charge in [0.2, 0.25) is 0 Å². The molecule has 2 atom stereocenters. The lowest BCUT2D eigenvalue weighted by atomic mass is 10.0. The van der Waals surface area contributed by atoms with Crippen molar-refractivity contribution in [3.8, 4) is 0 Å². The van der Waals surface area contributed by atoms with Crippen molar-refractivity contribution >= 4 is 5.78 Å². The van der Waals surface area contributed by atoms with Gasteiger partial charge >= 0.3 is 0 Å². The minimum Gasteiger partial charge on any atom is -0.394 e. The van der Waals surface area contributed by atoms with Crippen LogP contribution >= 0.6 is 0 Å². The van der Waals surface area contributed by atoms with Crippen LogP contribution in [0.3, 0.4) is 0 Å². The topological polar surface area (TPSA) is 77.8 Å². The molecule has 0 bridgehead atoms. The third kappa shape index (κ3) is 13.7. The summed E-state index contributed by atoms with van der Waals surface area (Å²) in [7, 11) is 0. The Bertz CT molecular complexity index is 268. The summed E-state index contributed by atoms with van der Waals surface area (Å²) in [6.45, 7) is 1.67. The first-order valence-corrected chi connectivity index (χ1v) is 9.63. The molecule has 23 heavy (non-hydrogen) atoms. The maximum atomic E-state index is 11.5. The van der Waals surface area contributed by atoms with Gasteiger partial charge in [0.15, 0.2) is 5.78 Å². The largest absolute Gasteiger partial charge is 0.394 e. The van der Waals surface area contributed by atoms with Crippen LogP contribution < -0.4 is 0 Å². The van der Waals surface area contributed by atoms with Crippen molar-refractivity contribution in [3.63, 3.8) is 0 Å². The van der Waals surface area contributed by atoms with Crippen LogP contribution in [0.1, 0.15) is 96.8 Å². The zero-order valence-electron chi connectivity index (χ0n) is 15.0. The molecule has 0 radical (unpaired) electrons. The maximum Gasteiger partial charge on any atom is 0.164 e. The highest BCUT2D eigenvalue weighted by atomic mass is 16.4. The Morgan fingerprint density at radius 3 is 1.52 bits per heavy atom. The zero-order chi connectivity index (χ0) is 17.3. The van der Waals surface area contributed by atoms with E-state index in [0.717, 1.165) is 19.3 Å². The lowest BCUT2D eigenvalue weighted by Gasteiger charge is -2.13. The van der Waals surface area contributed by atoms with Gasteiger partial charge < -0.3 is 15.3 Å². The predicted octanol–water partition coefficient (Wildman–Crippen LogP) is 3.75. The van der Waals surface area contributed by atoms with Crippen LogP contribution in [0.5, 0.6) is 0 Å². The number of rotatable bonds is 17. The van der Waals surface area contributed by atoms with E-state index in [0.29, 0.717) is 0 Å². The summed E-state index contributed by atoms with van der Waals surface area (Å²) in [6.07, 6.45) is 13.7. The highest BCUT2D eigenvalue weighted by Crippen LogP contribution is 2.13. The number of aliphatic hydroxyl groups excluding tert-OH is 3. The Morgan fingerprint density at radius 2 is 1.13 bits per heavy atom. The van der Waals surface area contributed by atoms with Crippen molar-refractivity contribution in [2.75, 3.05) is 6.61 Å². The van der Waals surface area contributed by atoms with Crippen molar-refractivity contribution in [1.82, 2.24) is 0 Å². The molecule has 0 aromatic carbocycles. The summed E-state index contributed by atoms with van der Waals surface area (Å²) in [4.78, 5) is 11.5. The van der Waals surface area contributed by atoms with Gasteiger partial charge in [-0.2, -0.15) is 0 Å². The van der Waals surface area contributed by atoms with E-state index in [1.165, 1.54) is 64.2 Å². The summed E-state index contributed by atoms with van der Waals surface area (Å²) in [5.41, 5.74) is 0. The maximum absolute atomic E-state index is 11.5. The number of unbranched alkanes of at least 4 members (excludes halogenated alkanes) is 12. The molecule has 3 N–H and O–H groups in total. The molecular weight excluding hydrogens is 292 g/mol. The van der Waals surface area contributed by atoms with E-state index in [1.807, 2.05) is 0 Å². The second kappa shape index (κ2) is 16.4. The summed E-state index contributed by atoms with van der Waals surface area (Å²) < 4.78 is 0. The highest BCUT2D eigenvalue weighted by Gasteiger charge is 2.22. The van der Waals surface area contributed by atoms with E-state index in [9.17, 15) is 15.0 Å². The number of carbonyl (C=O) groups excluding carboxylic acids is 1. The van der Waals surface area contributed by atoms with Gasteiger partial charge in [-0.15, -0.1) is 0 Å². The lowest BCUT2D eigenvalue weighted by Crippen LogP contribution is -2.36. The van der Waals surface area contributed by atoms with E-state index in [1.54, 1.807) is 0 Å². The number of carbonyl (C=O) groups is 1. The monoisotopic (exact) mass is 330 g/mol. The molecule has 0 aliphatic rings. The molecular formula is C19H38O4. The minimum atomic E-state index is -1.43. The van der Waals surface area contributed by atoms with Crippen LogP contribution in [0.15, 0.2) is 0 Å². The summed E-state index contributed by atoms with van der Waals surface area (Å²) in [5.74, 6) is -0.366. The van der Waals surface area contributed by atoms with Crippen molar-refractivity contribution in [3.05, 3.63) is 0 Å². The average molecular weight is 331 g/mol. The van der Waals surface area contributed by atoms with Gasteiger partial charge in [-0.25, -0.2) is 0 Å². The highest BCUT2D eigenvalue weighted by molar-refractivity contribution is 5.83. The third-order valence-corrected chi connectivity index (χ3v) is 4.41. The van der Waals surface area contributed by atoms with Gasteiger partial charge in [-0.1, -0.05) is 84.0 Å². The van der Waals surface area contributed by atoms with Gasteiger partial charge in [0.05, 0.1) is 6.61 Å². The van der Waals surface area contributed by atoms with Crippen LogP contribution in [0.25, 0.3) is 0 Å². The average Bonchev–Trinajstić information content (AvgIpc) is 2.57. The standard InChI is InChI=1S/C19H38O4/c1-2-3-4-5-6-7-8-9-10-11-12-13-14-15-17(21)19(23)18(22)16-20/h18-20,22-23H,2-16H2,1H3/t18-,19+/m0/s1. The fraction of sp³-hybridized carbons (Fsp3) is 0.947. The Morgan fingerprint density at radius 1 is 0.739 bits per heavy atom. The second-order valence-corrected chi connectivity index (χ2v) is 6.65.